The van der Waals surface area contributed by atoms with Crippen molar-refractivity contribution in [1.29, 1.82) is 0 Å². The summed E-state index contributed by atoms with van der Waals surface area (Å²) in [6.45, 7) is 5.72. The summed E-state index contributed by atoms with van der Waals surface area (Å²) in [6, 6.07) is 11.8. The zero-order chi connectivity index (χ0) is 22.1. The second-order valence-corrected chi connectivity index (χ2v) is 8.21. The number of benzene rings is 1. The molecule has 3 N–H and O–H groups in total. The lowest BCUT2D eigenvalue weighted by Gasteiger charge is -2.28. The standard InChI is InChI=1S/C24H27N7O/c1-16-27-15-21(30(16)2)17-3-4-19-14-28-22(12-20(19)11-17)29-24(32)18-5-6-26-23(13-18)31-9-7-25-8-10-31/h3-6,11-16,25,27H,7-10H2,1-2H3,(H,28,29,32). The molecule has 0 spiro atoms. The van der Waals surface area contributed by atoms with Gasteiger partial charge in [0, 0.05) is 62.8 Å². The predicted molar refractivity (Wildman–Crippen MR) is 127 cm³/mol. The Labute approximate surface area is 187 Å². The summed E-state index contributed by atoms with van der Waals surface area (Å²) in [6.07, 6.45) is 5.78. The van der Waals surface area contributed by atoms with E-state index < -0.39 is 0 Å². The van der Waals surface area contributed by atoms with Crippen LogP contribution in [0.25, 0.3) is 16.5 Å². The highest BCUT2D eigenvalue weighted by atomic mass is 16.1. The molecule has 3 aromatic rings. The summed E-state index contributed by atoms with van der Waals surface area (Å²) >= 11 is 0. The number of amides is 1. The maximum atomic E-state index is 12.9. The van der Waals surface area contributed by atoms with E-state index in [0.29, 0.717) is 11.4 Å². The summed E-state index contributed by atoms with van der Waals surface area (Å²) in [4.78, 5) is 26.2. The van der Waals surface area contributed by atoms with Gasteiger partial charge in [0.05, 0.1) is 11.9 Å². The highest BCUT2D eigenvalue weighted by molar-refractivity contribution is 6.05. The van der Waals surface area contributed by atoms with E-state index in [0.717, 1.165) is 54.0 Å². The molecule has 8 heteroatoms. The van der Waals surface area contributed by atoms with Gasteiger partial charge in [-0.05, 0) is 42.1 Å². The van der Waals surface area contributed by atoms with Gasteiger partial charge in [-0.25, -0.2) is 9.97 Å². The maximum absolute atomic E-state index is 12.9. The second-order valence-electron chi connectivity index (χ2n) is 8.21. The lowest BCUT2D eigenvalue weighted by Crippen LogP contribution is -2.43. The smallest absolute Gasteiger partial charge is 0.257 e. The third-order valence-corrected chi connectivity index (χ3v) is 6.13. The van der Waals surface area contributed by atoms with Gasteiger partial charge in [-0.3, -0.25) is 4.79 Å². The Hall–Kier alpha value is -3.65. The SMILES string of the molecule is CC1NC=C(c2ccc3cnc(NC(=O)c4ccnc(N5CCNCC5)c4)cc3c2)N1C. The predicted octanol–water partition coefficient (Wildman–Crippen LogP) is 2.47. The molecule has 4 heterocycles. The molecule has 1 fully saturated rings. The normalized spacial score (nSPS) is 18.4. The number of aromatic nitrogens is 2. The van der Waals surface area contributed by atoms with Crippen molar-refractivity contribution in [3.05, 3.63) is 66.1 Å². The minimum Gasteiger partial charge on any atom is -0.370 e. The number of pyridine rings is 2. The minimum absolute atomic E-state index is 0.192. The van der Waals surface area contributed by atoms with E-state index in [2.05, 4.69) is 67.9 Å². The Bertz CT molecular complexity index is 1190. The van der Waals surface area contributed by atoms with Gasteiger partial charge in [-0.2, -0.15) is 0 Å². The molecule has 1 amide bonds. The van der Waals surface area contributed by atoms with Crippen molar-refractivity contribution in [2.75, 3.05) is 43.4 Å². The van der Waals surface area contributed by atoms with Crippen molar-refractivity contribution in [2.45, 2.75) is 13.1 Å². The van der Waals surface area contributed by atoms with E-state index in [9.17, 15) is 4.79 Å². The van der Waals surface area contributed by atoms with Crippen LogP contribution in [-0.4, -0.2) is 60.2 Å². The number of carbonyl (C=O) groups excluding carboxylic acids is 1. The van der Waals surface area contributed by atoms with Crippen molar-refractivity contribution in [2.24, 2.45) is 0 Å². The first-order valence-electron chi connectivity index (χ1n) is 10.9. The molecular formula is C24H27N7O. The van der Waals surface area contributed by atoms with Crippen molar-refractivity contribution >= 4 is 34.0 Å². The van der Waals surface area contributed by atoms with Crippen LogP contribution in [0.5, 0.6) is 0 Å². The summed E-state index contributed by atoms with van der Waals surface area (Å²) in [5, 5.41) is 11.7. The highest BCUT2D eigenvalue weighted by Gasteiger charge is 2.19. The maximum Gasteiger partial charge on any atom is 0.257 e. The van der Waals surface area contributed by atoms with Gasteiger partial charge in [-0.15, -0.1) is 0 Å². The van der Waals surface area contributed by atoms with Crippen LogP contribution in [0.15, 0.2) is 55.0 Å². The van der Waals surface area contributed by atoms with Gasteiger partial charge < -0.3 is 25.8 Å². The van der Waals surface area contributed by atoms with Crippen LogP contribution in [0.2, 0.25) is 0 Å². The van der Waals surface area contributed by atoms with Crippen LogP contribution >= 0.6 is 0 Å². The summed E-state index contributed by atoms with van der Waals surface area (Å²) < 4.78 is 0. The van der Waals surface area contributed by atoms with Gasteiger partial charge in [0.2, 0.25) is 0 Å². The van der Waals surface area contributed by atoms with Crippen molar-refractivity contribution in [1.82, 2.24) is 25.5 Å². The number of anilines is 2. The molecule has 8 nitrogen and oxygen atoms in total. The third kappa shape index (κ3) is 3.97. The highest BCUT2D eigenvalue weighted by Crippen LogP contribution is 2.27. The Balaban J connectivity index is 1.36. The first-order chi connectivity index (χ1) is 15.6. The fraction of sp³-hybridized carbons (Fsp3) is 0.292. The topological polar surface area (TPSA) is 85.4 Å². The number of nitrogens with one attached hydrogen (secondary N) is 3. The molecule has 0 saturated carbocycles. The van der Waals surface area contributed by atoms with Gasteiger partial charge in [0.25, 0.3) is 5.91 Å². The molecule has 32 heavy (non-hydrogen) atoms. The largest absolute Gasteiger partial charge is 0.370 e. The molecule has 0 radical (unpaired) electrons. The van der Waals surface area contributed by atoms with Crippen molar-refractivity contribution in [3.63, 3.8) is 0 Å². The summed E-state index contributed by atoms with van der Waals surface area (Å²) in [5.41, 5.74) is 2.83. The van der Waals surface area contributed by atoms with Gasteiger partial charge in [0.1, 0.15) is 11.6 Å². The number of carbonyl (C=O) groups is 1. The summed E-state index contributed by atoms with van der Waals surface area (Å²) in [7, 11) is 2.07. The van der Waals surface area contributed by atoms with Crippen LogP contribution in [0, 0.1) is 0 Å². The molecule has 1 saturated heterocycles. The number of rotatable bonds is 4. The number of fused-ring (bicyclic) bond motifs is 1. The molecule has 164 valence electrons. The fourth-order valence-electron chi connectivity index (χ4n) is 4.09. The molecule has 1 aromatic carbocycles. The molecule has 1 atom stereocenters. The van der Waals surface area contributed by atoms with Gasteiger partial charge in [-0.1, -0.05) is 12.1 Å². The number of piperazine rings is 1. The van der Waals surface area contributed by atoms with E-state index in [1.54, 1.807) is 18.5 Å². The average Bonchev–Trinajstić information content (AvgIpc) is 3.17. The Morgan fingerprint density at radius 2 is 1.94 bits per heavy atom. The Kier molecular flexibility index (Phi) is 5.36. The van der Waals surface area contributed by atoms with E-state index in [-0.39, 0.29) is 12.1 Å². The van der Waals surface area contributed by atoms with Crippen molar-refractivity contribution in [3.8, 4) is 0 Å². The minimum atomic E-state index is -0.192. The molecular weight excluding hydrogens is 402 g/mol. The summed E-state index contributed by atoms with van der Waals surface area (Å²) in [5.74, 6) is 1.16. The lowest BCUT2D eigenvalue weighted by atomic mass is 10.1. The first-order valence-corrected chi connectivity index (χ1v) is 10.9. The third-order valence-electron chi connectivity index (χ3n) is 6.13. The molecule has 2 aliphatic rings. The van der Waals surface area contributed by atoms with Crippen molar-refractivity contribution < 1.29 is 4.79 Å². The first kappa shape index (κ1) is 20.3. The van der Waals surface area contributed by atoms with E-state index in [1.165, 1.54) is 0 Å². The second kappa shape index (κ2) is 8.47. The quantitative estimate of drug-likeness (QED) is 0.587. The zero-order valence-electron chi connectivity index (χ0n) is 18.3. The van der Waals surface area contributed by atoms with Crippen LogP contribution in [0.1, 0.15) is 22.8 Å². The molecule has 0 bridgehead atoms. The number of nitrogens with zero attached hydrogens (tertiary/aromatic N) is 4. The monoisotopic (exact) mass is 429 g/mol. The molecule has 2 aliphatic heterocycles. The molecule has 2 aromatic heterocycles. The number of hydrogen-bond donors (Lipinski definition) is 3. The molecule has 0 aliphatic carbocycles. The average molecular weight is 430 g/mol. The van der Waals surface area contributed by atoms with Crippen LogP contribution < -0.4 is 20.9 Å². The molecule has 5 rings (SSSR count). The van der Waals surface area contributed by atoms with Gasteiger partial charge in [0.15, 0.2) is 0 Å². The Morgan fingerprint density at radius 3 is 2.72 bits per heavy atom. The van der Waals surface area contributed by atoms with Crippen LogP contribution in [0.4, 0.5) is 11.6 Å². The van der Waals surface area contributed by atoms with E-state index in [1.807, 2.05) is 18.3 Å². The van der Waals surface area contributed by atoms with E-state index >= 15 is 0 Å². The lowest BCUT2D eigenvalue weighted by molar-refractivity contribution is 0.102. The van der Waals surface area contributed by atoms with Crippen LogP contribution in [-0.2, 0) is 0 Å². The van der Waals surface area contributed by atoms with Gasteiger partial charge >= 0.3 is 0 Å². The Morgan fingerprint density at radius 1 is 1.09 bits per heavy atom. The zero-order valence-corrected chi connectivity index (χ0v) is 18.3. The van der Waals surface area contributed by atoms with Crippen LogP contribution in [0.3, 0.4) is 0 Å². The number of hydrogen-bond acceptors (Lipinski definition) is 7. The van der Waals surface area contributed by atoms with E-state index in [4.69, 9.17) is 0 Å². The fourth-order valence-corrected chi connectivity index (χ4v) is 4.09. The molecule has 1 unspecified atom stereocenters.